The summed E-state index contributed by atoms with van der Waals surface area (Å²) in [5, 5.41) is 0. The van der Waals surface area contributed by atoms with E-state index in [2.05, 4.69) is 130 Å². The zero-order valence-corrected chi connectivity index (χ0v) is 49.7. The lowest BCUT2D eigenvalue weighted by atomic mass is 10.0. The Balaban J connectivity index is 4.25. The summed E-state index contributed by atoms with van der Waals surface area (Å²) in [7, 11) is 0. The second kappa shape index (κ2) is 63.6. The van der Waals surface area contributed by atoms with Crippen molar-refractivity contribution in [3.63, 3.8) is 0 Å². The van der Waals surface area contributed by atoms with Crippen molar-refractivity contribution in [2.45, 2.75) is 303 Å². The van der Waals surface area contributed by atoms with E-state index in [0.717, 1.165) is 141 Å². The number of allylic oxidation sites excluding steroid dienone is 18. The molecule has 0 aliphatic carbocycles. The van der Waals surface area contributed by atoms with E-state index in [1.54, 1.807) is 0 Å². The predicted molar refractivity (Wildman–Crippen MR) is 330 cm³/mol. The van der Waals surface area contributed by atoms with Crippen molar-refractivity contribution in [1.82, 2.24) is 0 Å². The second-order valence-corrected chi connectivity index (χ2v) is 20.9. The maximum Gasteiger partial charge on any atom is 0.306 e. The molecule has 0 amide bonds. The molecule has 6 heteroatoms. The van der Waals surface area contributed by atoms with Gasteiger partial charge in [0.2, 0.25) is 0 Å². The van der Waals surface area contributed by atoms with Crippen LogP contribution in [-0.4, -0.2) is 37.2 Å². The molecule has 0 aromatic carbocycles. The van der Waals surface area contributed by atoms with Crippen LogP contribution < -0.4 is 0 Å². The molecule has 1 atom stereocenters. The van der Waals surface area contributed by atoms with Crippen LogP contribution in [0.15, 0.2) is 109 Å². The molecule has 0 aliphatic heterocycles. The molecular formula is C70H118O6. The predicted octanol–water partition coefficient (Wildman–Crippen LogP) is 21.8. The zero-order chi connectivity index (χ0) is 55.0. The lowest BCUT2D eigenvalue weighted by Gasteiger charge is -2.18. The van der Waals surface area contributed by atoms with E-state index in [1.165, 1.54) is 116 Å². The quantitative estimate of drug-likeness (QED) is 0.0261. The van der Waals surface area contributed by atoms with Crippen LogP contribution in [0.25, 0.3) is 0 Å². The molecule has 6 nitrogen and oxygen atoms in total. The third-order valence-corrected chi connectivity index (χ3v) is 13.5. The summed E-state index contributed by atoms with van der Waals surface area (Å²) in [6.45, 7) is 6.46. The third-order valence-electron chi connectivity index (χ3n) is 13.5. The van der Waals surface area contributed by atoms with E-state index < -0.39 is 6.10 Å². The number of carbonyl (C=O) groups excluding carboxylic acids is 3. The first kappa shape index (κ1) is 72.1. The largest absolute Gasteiger partial charge is 0.462 e. The van der Waals surface area contributed by atoms with Crippen LogP contribution in [0.4, 0.5) is 0 Å². The zero-order valence-electron chi connectivity index (χ0n) is 49.7. The molecule has 0 aromatic heterocycles. The van der Waals surface area contributed by atoms with E-state index in [4.69, 9.17) is 14.2 Å². The summed E-state index contributed by atoms with van der Waals surface area (Å²) in [6, 6.07) is 0. The molecule has 0 rings (SSSR count). The lowest BCUT2D eigenvalue weighted by Crippen LogP contribution is -2.30. The van der Waals surface area contributed by atoms with Gasteiger partial charge in [-0.25, -0.2) is 0 Å². The van der Waals surface area contributed by atoms with Crippen LogP contribution in [0.1, 0.15) is 297 Å². The fourth-order valence-electron chi connectivity index (χ4n) is 8.76. The molecule has 0 heterocycles. The number of carbonyl (C=O) groups is 3. The van der Waals surface area contributed by atoms with Gasteiger partial charge in [0.25, 0.3) is 0 Å². The maximum absolute atomic E-state index is 12.9. The molecule has 0 spiro atoms. The average molecular weight is 1060 g/mol. The average Bonchev–Trinajstić information content (AvgIpc) is 3.42. The number of unbranched alkanes of at least 4 members (excludes halogenated alkanes) is 28. The number of hydrogen-bond donors (Lipinski definition) is 0. The molecule has 0 saturated heterocycles. The highest BCUT2D eigenvalue weighted by atomic mass is 16.6. The molecule has 0 saturated carbocycles. The SMILES string of the molecule is CC/C=C\C/C=C\C/C=C\C/C=C\C/C=C\C/C=C\C/C=C\CCCCCCCCCCCC(=O)OCC(COC(=O)CCCCCCC/C=C\C/C=C\CCC)OC(=O)CCCCCCCCCCCCCCCC. The molecule has 0 aromatic rings. The van der Waals surface area contributed by atoms with Crippen molar-refractivity contribution in [3.8, 4) is 0 Å². The van der Waals surface area contributed by atoms with Gasteiger partial charge in [0.1, 0.15) is 13.2 Å². The van der Waals surface area contributed by atoms with Crippen molar-refractivity contribution >= 4 is 17.9 Å². The molecule has 76 heavy (non-hydrogen) atoms. The lowest BCUT2D eigenvalue weighted by molar-refractivity contribution is -0.167. The summed E-state index contributed by atoms with van der Waals surface area (Å²) >= 11 is 0. The van der Waals surface area contributed by atoms with E-state index in [-0.39, 0.29) is 31.1 Å². The summed E-state index contributed by atoms with van der Waals surface area (Å²) in [5.41, 5.74) is 0. The Morgan fingerprint density at radius 3 is 0.855 bits per heavy atom. The fourth-order valence-corrected chi connectivity index (χ4v) is 8.76. The molecule has 0 fully saturated rings. The molecule has 434 valence electrons. The third kappa shape index (κ3) is 60.9. The minimum Gasteiger partial charge on any atom is -0.462 e. The van der Waals surface area contributed by atoms with Gasteiger partial charge in [-0.3, -0.25) is 14.4 Å². The molecular weight excluding hydrogens is 937 g/mol. The van der Waals surface area contributed by atoms with Gasteiger partial charge in [0.15, 0.2) is 6.10 Å². The Hall–Kier alpha value is -3.93. The highest BCUT2D eigenvalue weighted by molar-refractivity contribution is 5.71. The summed E-state index contributed by atoms with van der Waals surface area (Å²) < 4.78 is 16.9. The highest BCUT2D eigenvalue weighted by Crippen LogP contribution is 2.16. The van der Waals surface area contributed by atoms with E-state index >= 15 is 0 Å². The second-order valence-electron chi connectivity index (χ2n) is 20.9. The van der Waals surface area contributed by atoms with Gasteiger partial charge in [-0.1, -0.05) is 284 Å². The van der Waals surface area contributed by atoms with Crippen LogP contribution in [0.3, 0.4) is 0 Å². The Morgan fingerprint density at radius 2 is 0.539 bits per heavy atom. The summed E-state index contributed by atoms with van der Waals surface area (Å²) in [4.78, 5) is 38.2. The van der Waals surface area contributed by atoms with Crippen molar-refractivity contribution < 1.29 is 28.6 Å². The Kier molecular flexibility index (Phi) is 60.3. The number of ether oxygens (including phenoxy) is 3. The van der Waals surface area contributed by atoms with Gasteiger partial charge in [-0.2, -0.15) is 0 Å². The first-order chi connectivity index (χ1) is 37.5. The molecule has 0 N–H and O–H groups in total. The smallest absolute Gasteiger partial charge is 0.306 e. The Morgan fingerprint density at radius 1 is 0.276 bits per heavy atom. The van der Waals surface area contributed by atoms with Gasteiger partial charge in [-0.05, 0) is 103 Å². The normalized spacial score (nSPS) is 12.8. The molecule has 0 radical (unpaired) electrons. The van der Waals surface area contributed by atoms with Crippen molar-refractivity contribution in [1.29, 1.82) is 0 Å². The van der Waals surface area contributed by atoms with Crippen molar-refractivity contribution in [2.24, 2.45) is 0 Å². The maximum atomic E-state index is 12.9. The minimum atomic E-state index is -0.786. The summed E-state index contributed by atoms with van der Waals surface area (Å²) in [6.07, 6.45) is 86.7. The van der Waals surface area contributed by atoms with Crippen LogP contribution in [0.2, 0.25) is 0 Å². The van der Waals surface area contributed by atoms with E-state index in [1.807, 2.05) is 0 Å². The summed E-state index contributed by atoms with van der Waals surface area (Å²) in [5.74, 6) is -0.896. The Labute approximate surface area is 470 Å². The fraction of sp³-hybridized carbons (Fsp3) is 0.700. The number of hydrogen-bond acceptors (Lipinski definition) is 6. The van der Waals surface area contributed by atoms with Gasteiger partial charge in [-0.15, -0.1) is 0 Å². The van der Waals surface area contributed by atoms with Crippen LogP contribution in [0, 0.1) is 0 Å². The standard InChI is InChI=1S/C70H118O6/c1-4-7-10-13-16-19-22-25-27-28-29-30-31-32-33-34-35-36-37-38-39-40-41-42-43-46-48-51-54-57-60-63-69(72)75-66-67(65-74-68(71)62-59-56-53-50-47-44-24-21-18-15-12-9-6-3)76-70(73)64-61-58-55-52-49-45-26-23-20-17-14-11-8-5-2/h7,10,12,15-16,19,21,24-25,27,29-30,32-33,35-36,38-39,67H,4-6,8-9,11,13-14,17-18,20,22-23,26,28,31,34,37,40-66H2,1-3H3/b10-7-,15-12-,19-16-,24-21-,27-25-,30-29-,33-32-,36-35-,39-38-. The van der Waals surface area contributed by atoms with Gasteiger partial charge < -0.3 is 14.2 Å². The minimum absolute atomic E-state index is 0.0840. The van der Waals surface area contributed by atoms with Crippen LogP contribution in [-0.2, 0) is 28.6 Å². The first-order valence-electron chi connectivity index (χ1n) is 31.9. The first-order valence-corrected chi connectivity index (χ1v) is 31.9. The van der Waals surface area contributed by atoms with E-state index in [9.17, 15) is 14.4 Å². The van der Waals surface area contributed by atoms with Gasteiger partial charge in [0.05, 0.1) is 0 Å². The highest BCUT2D eigenvalue weighted by Gasteiger charge is 2.19. The monoisotopic (exact) mass is 1050 g/mol. The van der Waals surface area contributed by atoms with Gasteiger partial charge >= 0.3 is 17.9 Å². The van der Waals surface area contributed by atoms with Crippen molar-refractivity contribution in [3.05, 3.63) is 109 Å². The van der Waals surface area contributed by atoms with Crippen LogP contribution in [0.5, 0.6) is 0 Å². The molecule has 0 bridgehead atoms. The number of esters is 3. The molecule has 0 aliphatic rings. The van der Waals surface area contributed by atoms with E-state index in [0.29, 0.717) is 19.3 Å². The number of rotatable bonds is 57. The Bertz CT molecular complexity index is 1540. The topological polar surface area (TPSA) is 78.9 Å². The van der Waals surface area contributed by atoms with Gasteiger partial charge in [0, 0.05) is 19.3 Å². The van der Waals surface area contributed by atoms with Crippen LogP contribution >= 0.6 is 0 Å². The van der Waals surface area contributed by atoms with Crippen molar-refractivity contribution in [2.75, 3.05) is 13.2 Å². The molecule has 1 unspecified atom stereocenters.